The summed E-state index contributed by atoms with van der Waals surface area (Å²) in [6, 6.07) is 6.46. The zero-order chi connectivity index (χ0) is 18.3. The highest BCUT2D eigenvalue weighted by atomic mass is 19.3. The van der Waals surface area contributed by atoms with Crippen LogP contribution in [0.4, 0.5) is 20.4 Å². The van der Waals surface area contributed by atoms with Crippen molar-refractivity contribution in [1.29, 1.82) is 0 Å². The first-order valence-corrected chi connectivity index (χ1v) is 8.64. The third-order valence-corrected chi connectivity index (χ3v) is 4.61. The van der Waals surface area contributed by atoms with E-state index in [0.717, 1.165) is 49.6 Å². The zero-order valence-electron chi connectivity index (χ0n) is 14.7. The number of nitrogens with zero attached hydrogens (tertiary/aromatic N) is 5. The van der Waals surface area contributed by atoms with Crippen molar-refractivity contribution in [3.05, 3.63) is 36.2 Å². The summed E-state index contributed by atoms with van der Waals surface area (Å²) >= 11 is 0. The molecule has 136 valence electrons. The van der Waals surface area contributed by atoms with Gasteiger partial charge in [-0.1, -0.05) is 6.07 Å². The van der Waals surface area contributed by atoms with E-state index in [0.29, 0.717) is 11.6 Å². The Kier molecular flexibility index (Phi) is 3.97. The summed E-state index contributed by atoms with van der Waals surface area (Å²) in [5.74, 6) is -1.13. The van der Waals surface area contributed by atoms with E-state index in [9.17, 15) is 8.78 Å². The van der Waals surface area contributed by atoms with Crippen molar-refractivity contribution in [2.45, 2.75) is 25.7 Å². The number of pyridine rings is 2. The van der Waals surface area contributed by atoms with E-state index in [1.165, 1.54) is 6.07 Å². The molecule has 3 aromatic heterocycles. The fourth-order valence-corrected chi connectivity index (χ4v) is 3.25. The van der Waals surface area contributed by atoms with Gasteiger partial charge in [0.25, 0.3) is 5.92 Å². The molecule has 0 atom stereocenters. The number of nitrogens with one attached hydrogen (secondary N) is 1. The Labute approximate surface area is 149 Å². The van der Waals surface area contributed by atoms with Crippen LogP contribution in [-0.2, 0) is 5.92 Å². The van der Waals surface area contributed by atoms with Crippen LogP contribution < -0.4 is 10.2 Å². The van der Waals surface area contributed by atoms with Crippen LogP contribution >= 0.6 is 0 Å². The second-order valence-electron chi connectivity index (χ2n) is 6.54. The number of rotatable bonds is 4. The fourth-order valence-electron chi connectivity index (χ4n) is 3.25. The van der Waals surface area contributed by atoms with Gasteiger partial charge in [-0.15, -0.1) is 5.10 Å². The van der Waals surface area contributed by atoms with Gasteiger partial charge in [0.15, 0.2) is 11.6 Å². The van der Waals surface area contributed by atoms with Gasteiger partial charge in [-0.25, -0.2) is 14.6 Å². The van der Waals surface area contributed by atoms with Crippen molar-refractivity contribution in [1.82, 2.24) is 19.7 Å². The van der Waals surface area contributed by atoms with Gasteiger partial charge in [0.1, 0.15) is 11.5 Å². The highest BCUT2D eigenvalue weighted by Crippen LogP contribution is 2.32. The van der Waals surface area contributed by atoms with Crippen molar-refractivity contribution in [2.75, 3.05) is 30.4 Å². The minimum Gasteiger partial charge on any atom is -0.373 e. The maximum Gasteiger partial charge on any atom is 0.287 e. The fraction of sp³-hybridized carbons (Fsp3) is 0.389. The Balaban J connectivity index is 1.91. The molecule has 4 rings (SSSR count). The van der Waals surface area contributed by atoms with E-state index in [2.05, 4.69) is 20.2 Å². The normalized spacial score (nSPS) is 15.0. The summed E-state index contributed by atoms with van der Waals surface area (Å²) in [7, 11) is 1.78. The SMILES string of the molecule is CNc1cc2c(cn1)c(N1CCCC1)nn2-c1cccc(C(C)(F)F)n1. The van der Waals surface area contributed by atoms with Gasteiger partial charge in [0.05, 0.1) is 10.9 Å². The minimum absolute atomic E-state index is 0.274. The van der Waals surface area contributed by atoms with Crippen LogP contribution in [0.2, 0.25) is 0 Å². The average Bonchev–Trinajstić information content (AvgIpc) is 3.28. The van der Waals surface area contributed by atoms with E-state index in [-0.39, 0.29) is 5.69 Å². The number of anilines is 2. The van der Waals surface area contributed by atoms with Crippen molar-refractivity contribution in [3.63, 3.8) is 0 Å². The molecule has 1 saturated heterocycles. The number of hydrogen-bond donors (Lipinski definition) is 1. The summed E-state index contributed by atoms with van der Waals surface area (Å²) in [5, 5.41) is 8.60. The van der Waals surface area contributed by atoms with E-state index in [4.69, 9.17) is 5.10 Å². The number of halogens is 2. The Morgan fingerprint density at radius 3 is 2.65 bits per heavy atom. The van der Waals surface area contributed by atoms with Crippen LogP contribution in [0.15, 0.2) is 30.5 Å². The Morgan fingerprint density at radius 1 is 1.19 bits per heavy atom. The number of alkyl halides is 2. The van der Waals surface area contributed by atoms with E-state index >= 15 is 0 Å². The molecule has 0 radical (unpaired) electrons. The monoisotopic (exact) mass is 358 g/mol. The molecule has 1 fully saturated rings. The largest absolute Gasteiger partial charge is 0.373 e. The van der Waals surface area contributed by atoms with Gasteiger partial charge < -0.3 is 10.2 Å². The first-order chi connectivity index (χ1) is 12.5. The predicted octanol–water partition coefficient (Wildman–Crippen LogP) is 3.57. The molecule has 1 N–H and O–H groups in total. The highest BCUT2D eigenvalue weighted by Gasteiger charge is 2.27. The number of aromatic nitrogens is 4. The number of fused-ring (bicyclic) bond motifs is 1. The zero-order valence-corrected chi connectivity index (χ0v) is 14.7. The molecule has 0 bridgehead atoms. The molecule has 26 heavy (non-hydrogen) atoms. The standard InChI is InChI=1S/C18H20F2N6/c1-18(19,20)14-6-5-7-16(23-14)26-13-10-15(21-2)22-11-12(13)17(24-26)25-8-3-4-9-25/h5-7,10-11H,3-4,8-9H2,1-2H3,(H,21,22). The van der Waals surface area contributed by atoms with Crippen LogP contribution in [0, 0.1) is 0 Å². The van der Waals surface area contributed by atoms with Crippen LogP contribution in [0.25, 0.3) is 16.7 Å². The second kappa shape index (κ2) is 6.19. The lowest BCUT2D eigenvalue weighted by molar-refractivity contribution is 0.0127. The third kappa shape index (κ3) is 2.85. The quantitative estimate of drug-likeness (QED) is 0.773. The van der Waals surface area contributed by atoms with Gasteiger partial charge in [-0.2, -0.15) is 8.78 Å². The summed E-state index contributed by atoms with van der Waals surface area (Å²) in [4.78, 5) is 10.7. The van der Waals surface area contributed by atoms with Gasteiger partial charge in [0, 0.05) is 39.3 Å². The Morgan fingerprint density at radius 2 is 1.96 bits per heavy atom. The van der Waals surface area contributed by atoms with Crippen molar-refractivity contribution in [2.24, 2.45) is 0 Å². The molecular weight excluding hydrogens is 338 g/mol. The molecule has 6 nitrogen and oxygen atoms in total. The lowest BCUT2D eigenvalue weighted by atomic mass is 10.2. The summed E-state index contributed by atoms with van der Waals surface area (Å²) in [6.45, 7) is 2.71. The molecule has 0 saturated carbocycles. The van der Waals surface area contributed by atoms with Crippen molar-refractivity contribution < 1.29 is 8.78 Å². The van der Waals surface area contributed by atoms with Crippen LogP contribution in [0.1, 0.15) is 25.5 Å². The molecule has 1 aliphatic heterocycles. The number of hydrogen-bond acceptors (Lipinski definition) is 5. The van der Waals surface area contributed by atoms with Gasteiger partial charge in [-0.3, -0.25) is 0 Å². The van der Waals surface area contributed by atoms with Crippen LogP contribution in [-0.4, -0.2) is 39.9 Å². The molecule has 0 aliphatic carbocycles. The maximum atomic E-state index is 13.7. The third-order valence-electron chi connectivity index (χ3n) is 4.61. The molecule has 3 aromatic rings. The highest BCUT2D eigenvalue weighted by molar-refractivity contribution is 5.92. The molecule has 1 aliphatic rings. The van der Waals surface area contributed by atoms with E-state index in [1.807, 2.05) is 6.07 Å². The van der Waals surface area contributed by atoms with E-state index in [1.54, 1.807) is 30.1 Å². The average molecular weight is 358 g/mol. The maximum absolute atomic E-state index is 13.7. The predicted molar refractivity (Wildman–Crippen MR) is 97.2 cm³/mol. The summed E-state index contributed by atoms with van der Waals surface area (Å²) < 4.78 is 29.1. The molecule has 0 spiro atoms. The minimum atomic E-state index is -3.01. The smallest absolute Gasteiger partial charge is 0.287 e. The molecular formula is C18H20F2N6. The Hall–Kier alpha value is -2.77. The molecule has 4 heterocycles. The van der Waals surface area contributed by atoms with Crippen LogP contribution in [0.3, 0.4) is 0 Å². The summed E-state index contributed by atoms with van der Waals surface area (Å²) in [6.07, 6.45) is 4.01. The first-order valence-electron chi connectivity index (χ1n) is 8.64. The lowest BCUT2D eigenvalue weighted by Crippen LogP contribution is -2.18. The van der Waals surface area contributed by atoms with Crippen LogP contribution in [0.5, 0.6) is 0 Å². The Bertz CT molecular complexity index is 940. The second-order valence-corrected chi connectivity index (χ2v) is 6.54. The van der Waals surface area contributed by atoms with Gasteiger partial charge in [0.2, 0.25) is 0 Å². The van der Waals surface area contributed by atoms with E-state index < -0.39 is 5.92 Å². The van der Waals surface area contributed by atoms with Crippen molar-refractivity contribution in [3.8, 4) is 5.82 Å². The summed E-state index contributed by atoms with van der Waals surface area (Å²) in [5.41, 5.74) is 0.514. The topological polar surface area (TPSA) is 58.9 Å². The molecule has 0 aromatic carbocycles. The molecule has 8 heteroatoms. The molecule has 0 amide bonds. The first kappa shape index (κ1) is 16.7. The lowest BCUT2D eigenvalue weighted by Gasteiger charge is -2.14. The molecule has 0 unspecified atom stereocenters. The van der Waals surface area contributed by atoms with Gasteiger partial charge >= 0.3 is 0 Å². The van der Waals surface area contributed by atoms with Gasteiger partial charge in [-0.05, 0) is 25.0 Å². The van der Waals surface area contributed by atoms with Crippen molar-refractivity contribution >= 4 is 22.5 Å².